The summed E-state index contributed by atoms with van der Waals surface area (Å²) in [4.78, 5) is 35.9. The molecule has 1 aliphatic rings. The second-order valence-corrected chi connectivity index (χ2v) is 4.13. The third kappa shape index (κ3) is 2.79. The van der Waals surface area contributed by atoms with Gasteiger partial charge in [-0.2, -0.15) is 0 Å². The molecule has 6 heteroatoms. The number of carbonyl (C=O) groups excluding carboxylic acids is 3. The van der Waals surface area contributed by atoms with Crippen molar-refractivity contribution in [2.45, 2.75) is 26.4 Å². The van der Waals surface area contributed by atoms with E-state index < -0.39 is 6.10 Å². The van der Waals surface area contributed by atoms with E-state index in [9.17, 15) is 14.4 Å². The van der Waals surface area contributed by atoms with Crippen LogP contribution >= 0.6 is 0 Å². The van der Waals surface area contributed by atoms with E-state index in [2.05, 4.69) is 0 Å². The van der Waals surface area contributed by atoms with Gasteiger partial charge in [0.1, 0.15) is 6.67 Å². The molecule has 16 heavy (non-hydrogen) atoms. The van der Waals surface area contributed by atoms with Gasteiger partial charge in [-0.3, -0.25) is 19.3 Å². The van der Waals surface area contributed by atoms with Gasteiger partial charge in [0.25, 0.3) is 0 Å². The van der Waals surface area contributed by atoms with Gasteiger partial charge in [-0.25, -0.2) is 0 Å². The molecule has 1 aliphatic heterocycles. The van der Waals surface area contributed by atoms with Crippen LogP contribution in [-0.4, -0.2) is 52.4 Å². The van der Waals surface area contributed by atoms with Crippen molar-refractivity contribution < 1.29 is 19.5 Å². The van der Waals surface area contributed by atoms with Crippen LogP contribution in [0.4, 0.5) is 0 Å². The van der Waals surface area contributed by atoms with Crippen molar-refractivity contribution in [3.63, 3.8) is 0 Å². The lowest BCUT2D eigenvalue weighted by atomic mass is 10.1. The summed E-state index contributed by atoms with van der Waals surface area (Å²) in [5, 5.41) is 9.12. The predicted octanol–water partition coefficient (Wildman–Crippen LogP) is -0.822. The van der Waals surface area contributed by atoms with Gasteiger partial charge in [0, 0.05) is 18.9 Å². The van der Waals surface area contributed by atoms with E-state index in [-0.39, 0.29) is 37.4 Å². The SMILES string of the molecule is CC(O)CN(C=O)CN1C(=O)CC(C)C1=O. The van der Waals surface area contributed by atoms with Crippen LogP contribution in [0, 0.1) is 5.92 Å². The van der Waals surface area contributed by atoms with Crippen molar-refractivity contribution >= 4 is 18.2 Å². The molecule has 0 aromatic rings. The second-order valence-electron chi connectivity index (χ2n) is 4.13. The standard InChI is InChI=1S/C10H16N2O4/c1-7-3-9(15)12(10(7)16)5-11(6-13)4-8(2)14/h6-8,14H,3-5H2,1-2H3. The van der Waals surface area contributed by atoms with Crippen molar-refractivity contribution in [3.05, 3.63) is 0 Å². The van der Waals surface area contributed by atoms with Crippen LogP contribution < -0.4 is 0 Å². The Balaban J connectivity index is 2.61. The first kappa shape index (κ1) is 12.6. The fourth-order valence-electron chi connectivity index (χ4n) is 1.65. The molecule has 2 atom stereocenters. The number of aliphatic hydroxyl groups is 1. The lowest BCUT2D eigenvalue weighted by molar-refractivity contribution is -0.143. The van der Waals surface area contributed by atoms with Crippen LogP contribution in [-0.2, 0) is 14.4 Å². The number of rotatable bonds is 5. The monoisotopic (exact) mass is 228 g/mol. The van der Waals surface area contributed by atoms with Crippen molar-refractivity contribution in [1.82, 2.24) is 9.80 Å². The van der Waals surface area contributed by atoms with Gasteiger partial charge in [0.2, 0.25) is 18.2 Å². The summed E-state index contributed by atoms with van der Waals surface area (Å²) in [6, 6.07) is 0. The number of imide groups is 1. The van der Waals surface area contributed by atoms with Crippen LogP contribution in [0.1, 0.15) is 20.3 Å². The summed E-state index contributed by atoms with van der Waals surface area (Å²) in [7, 11) is 0. The van der Waals surface area contributed by atoms with Gasteiger partial charge in [0.15, 0.2) is 0 Å². The quantitative estimate of drug-likeness (QED) is 0.492. The van der Waals surface area contributed by atoms with Crippen LogP contribution in [0.15, 0.2) is 0 Å². The number of likely N-dealkylation sites (tertiary alicyclic amines) is 1. The van der Waals surface area contributed by atoms with Gasteiger partial charge in [-0.05, 0) is 6.92 Å². The number of aliphatic hydroxyl groups excluding tert-OH is 1. The first-order valence-electron chi connectivity index (χ1n) is 5.17. The Kier molecular flexibility index (Phi) is 4.00. The minimum Gasteiger partial charge on any atom is -0.392 e. The lowest BCUT2D eigenvalue weighted by Gasteiger charge is -2.24. The molecule has 0 bridgehead atoms. The first-order chi connectivity index (χ1) is 7.45. The van der Waals surface area contributed by atoms with E-state index in [0.717, 1.165) is 4.90 Å². The highest BCUT2D eigenvalue weighted by molar-refractivity contribution is 6.03. The first-order valence-corrected chi connectivity index (χ1v) is 5.17. The van der Waals surface area contributed by atoms with E-state index in [1.165, 1.54) is 11.8 Å². The van der Waals surface area contributed by atoms with Gasteiger partial charge >= 0.3 is 0 Å². The summed E-state index contributed by atoms with van der Waals surface area (Å²) in [6.07, 6.45) is 0.0339. The Morgan fingerprint density at radius 2 is 2.25 bits per heavy atom. The fourth-order valence-corrected chi connectivity index (χ4v) is 1.65. The van der Waals surface area contributed by atoms with E-state index >= 15 is 0 Å². The van der Waals surface area contributed by atoms with Crippen molar-refractivity contribution in [1.29, 1.82) is 0 Å². The normalized spacial score (nSPS) is 22.4. The number of hydrogen-bond donors (Lipinski definition) is 1. The molecular weight excluding hydrogens is 212 g/mol. The molecule has 2 unspecified atom stereocenters. The summed E-state index contributed by atoms with van der Waals surface area (Å²) in [6.45, 7) is 3.25. The molecule has 0 aromatic carbocycles. The van der Waals surface area contributed by atoms with Gasteiger partial charge in [0.05, 0.1) is 6.10 Å². The van der Waals surface area contributed by atoms with E-state index in [4.69, 9.17) is 5.11 Å². The summed E-state index contributed by atoms with van der Waals surface area (Å²) in [5.41, 5.74) is 0. The Bertz CT molecular complexity index is 303. The number of amides is 3. The largest absolute Gasteiger partial charge is 0.392 e. The summed E-state index contributed by atoms with van der Waals surface area (Å²) >= 11 is 0. The summed E-state index contributed by atoms with van der Waals surface area (Å²) in [5.74, 6) is -0.843. The molecule has 1 fully saturated rings. The minimum atomic E-state index is -0.685. The Morgan fingerprint density at radius 3 is 2.62 bits per heavy atom. The lowest BCUT2D eigenvalue weighted by Crippen LogP contribution is -2.43. The zero-order valence-electron chi connectivity index (χ0n) is 9.42. The maximum Gasteiger partial charge on any atom is 0.234 e. The van der Waals surface area contributed by atoms with Gasteiger partial charge < -0.3 is 10.0 Å². The molecule has 0 aliphatic carbocycles. The highest BCUT2D eigenvalue weighted by Crippen LogP contribution is 2.18. The molecule has 1 rings (SSSR count). The topological polar surface area (TPSA) is 77.9 Å². The van der Waals surface area contributed by atoms with Crippen LogP contribution in [0.25, 0.3) is 0 Å². The van der Waals surface area contributed by atoms with Crippen molar-refractivity contribution in [2.75, 3.05) is 13.2 Å². The minimum absolute atomic E-state index is 0.0730. The van der Waals surface area contributed by atoms with Crippen LogP contribution in [0.5, 0.6) is 0 Å². The van der Waals surface area contributed by atoms with Crippen LogP contribution in [0.3, 0.4) is 0 Å². The molecule has 1 saturated heterocycles. The number of carbonyl (C=O) groups is 3. The molecule has 0 spiro atoms. The molecule has 90 valence electrons. The smallest absolute Gasteiger partial charge is 0.234 e. The molecule has 0 saturated carbocycles. The van der Waals surface area contributed by atoms with E-state index in [1.54, 1.807) is 6.92 Å². The number of nitrogens with zero attached hydrogens (tertiary/aromatic N) is 2. The average molecular weight is 228 g/mol. The van der Waals surface area contributed by atoms with Crippen LogP contribution in [0.2, 0.25) is 0 Å². The average Bonchev–Trinajstić information content (AvgIpc) is 2.43. The third-order valence-corrected chi connectivity index (χ3v) is 2.44. The van der Waals surface area contributed by atoms with Gasteiger partial charge in [-0.1, -0.05) is 6.92 Å². The maximum absolute atomic E-state index is 11.6. The molecule has 6 nitrogen and oxygen atoms in total. The molecule has 1 heterocycles. The third-order valence-electron chi connectivity index (χ3n) is 2.44. The fraction of sp³-hybridized carbons (Fsp3) is 0.700. The maximum atomic E-state index is 11.6. The highest BCUT2D eigenvalue weighted by Gasteiger charge is 2.36. The predicted molar refractivity (Wildman–Crippen MR) is 55.0 cm³/mol. The zero-order chi connectivity index (χ0) is 12.3. The second kappa shape index (κ2) is 5.07. The molecule has 3 amide bonds. The number of hydrogen-bond acceptors (Lipinski definition) is 4. The molecular formula is C10H16N2O4. The van der Waals surface area contributed by atoms with E-state index in [1.807, 2.05) is 0 Å². The Hall–Kier alpha value is -1.43. The zero-order valence-corrected chi connectivity index (χ0v) is 9.42. The molecule has 0 radical (unpaired) electrons. The Morgan fingerprint density at radius 1 is 1.62 bits per heavy atom. The highest BCUT2D eigenvalue weighted by atomic mass is 16.3. The van der Waals surface area contributed by atoms with Crippen molar-refractivity contribution in [2.24, 2.45) is 5.92 Å². The molecule has 0 aromatic heterocycles. The van der Waals surface area contributed by atoms with Gasteiger partial charge in [-0.15, -0.1) is 0 Å². The van der Waals surface area contributed by atoms with Crippen molar-refractivity contribution in [3.8, 4) is 0 Å². The molecule has 1 N–H and O–H groups in total. The summed E-state index contributed by atoms with van der Waals surface area (Å²) < 4.78 is 0. The Labute approximate surface area is 93.8 Å². The van der Waals surface area contributed by atoms with E-state index in [0.29, 0.717) is 6.41 Å².